The van der Waals surface area contributed by atoms with Gasteiger partial charge in [0.25, 0.3) is 0 Å². The van der Waals surface area contributed by atoms with Crippen molar-refractivity contribution >= 4 is 6.03 Å². The molecule has 13 heavy (non-hydrogen) atoms. The monoisotopic (exact) mass is 185 g/mol. The topological polar surface area (TPSA) is 53.2 Å². The van der Waals surface area contributed by atoms with E-state index in [1.807, 2.05) is 6.92 Å². The zero-order valence-electron chi connectivity index (χ0n) is 8.23. The minimum absolute atomic E-state index is 0.0477. The Kier molecular flexibility index (Phi) is 4.60. The quantitative estimate of drug-likeness (QED) is 0.590. The summed E-state index contributed by atoms with van der Waals surface area (Å²) in [6, 6.07) is -0.0477. The van der Waals surface area contributed by atoms with Gasteiger partial charge in [-0.15, -0.1) is 0 Å². The van der Waals surface area contributed by atoms with Gasteiger partial charge < -0.3 is 16.0 Å². The molecule has 0 aromatic rings. The Morgan fingerprint density at radius 3 is 3.00 bits per heavy atom. The summed E-state index contributed by atoms with van der Waals surface area (Å²) in [6.07, 6.45) is 2.33. The van der Waals surface area contributed by atoms with Gasteiger partial charge in [-0.05, 0) is 38.8 Å². The third-order valence-corrected chi connectivity index (χ3v) is 2.34. The maximum Gasteiger partial charge on any atom is 0.314 e. The molecule has 1 saturated heterocycles. The first-order chi connectivity index (χ1) is 6.33. The van der Waals surface area contributed by atoms with Gasteiger partial charge in [-0.1, -0.05) is 0 Å². The number of hydrogen-bond donors (Lipinski definition) is 3. The third kappa shape index (κ3) is 4.12. The Hall–Kier alpha value is -0.770. The van der Waals surface area contributed by atoms with E-state index in [9.17, 15) is 4.79 Å². The highest BCUT2D eigenvalue weighted by Crippen LogP contribution is 2.10. The Labute approximate surface area is 79.5 Å². The molecule has 0 aliphatic carbocycles. The van der Waals surface area contributed by atoms with Gasteiger partial charge in [0, 0.05) is 13.1 Å². The molecular formula is C9H19N3O. The highest BCUT2D eigenvalue weighted by Gasteiger charge is 2.13. The number of amides is 2. The lowest BCUT2D eigenvalue weighted by Gasteiger charge is -2.09. The smallest absolute Gasteiger partial charge is 0.314 e. The molecular weight excluding hydrogens is 166 g/mol. The average Bonchev–Trinajstić information content (AvgIpc) is 2.57. The van der Waals surface area contributed by atoms with Gasteiger partial charge in [-0.3, -0.25) is 0 Å². The zero-order chi connectivity index (χ0) is 9.52. The Morgan fingerprint density at radius 1 is 1.54 bits per heavy atom. The highest BCUT2D eigenvalue weighted by molar-refractivity contribution is 5.73. The van der Waals surface area contributed by atoms with E-state index in [4.69, 9.17) is 0 Å². The molecule has 1 heterocycles. The van der Waals surface area contributed by atoms with Gasteiger partial charge in [0.05, 0.1) is 0 Å². The molecule has 0 aromatic carbocycles. The molecule has 0 bridgehead atoms. The lowest BCUT2D eigenvalue weighted by Crippen LogP contribution is -2.36. The summed E-state index contributed by atoms with van der Waals surface area (Å²) in [5, 5.41) is 8.85. The van der Waals surface area contributed by atoms with Crippen molar-refractivity contribution in [3.63, 3.8) is 0 Å². The summed E-state index contributed by atoms with van der Waals surface area (Å²) in [4.78, 5) is 11.0. The number of rotatable bonds is 4. The molecule has 4 heteroatoms. The van der Waals surface area contributed by atoms with Crippen LogP contribution in [0.3, 0.4) is 0 Å². The van der Waals surface area contributed by atoms with Crippen LogP contribution in [0, 0.1) is 5.92 Å². The minimum atomic E-state index is -0.0477. The van der Waals surface area contributed by atoms with E-state index >= 15 is 0 Å². The molecule has 4 nitrogen and oxygen atoms in total. The second-order valence-corrected chi connectivity index (χ2v) is 3.43. The second kappa shape index (κ2) is 5.80. The van der Waals surface area contributed by atoms with E-state index in [1.54, 1.807) is 0 Å². The molecule has 0 saturated carbocycles. The van der Waals surface area contributed by atoms with Gasteiger partial charge >= 0.3 is 6.03 Å². The van der Waals surface area contributed by atoms with Crippen LogP contribution in [0.4, 0.5) is 4.79 Å². The van der Waals surface area contributed by atoms with E-state index in [1.165, 1.54) is 6.42 Å². The lowest BCUT2D eigenvalue weighted by molar-refractivity contribution is 0.240. The average molecular weight is 185 g/mol. The third-order valence-electron chi connectivity index (χ3n) is 2.34. The van der Waals surface area contributed by atoms with Crippen LogP contribution in [0.25, 0.3) is 0 Å². The second-order valence-electron chi connectivity index (χ2n) is 3.43. The van der Waals surface area contributed by atoms with E-state index in [0.29, 0.717) is 6.54 Å². The molecule has 1 aliphatic heterocycles. The van der Waals surface area contributed by atoms with Crippen molar-refractivity contribution in [2.75, 3.05) is 26.2 Å². The first kappa shape index (κ1) is 10.3. The number of urea groups is 1. The van der Waals surface area contributed by atoms with E-state index in [-0.39, 0.29) is 6.03 Å². The number of carbonyl (C=O) groups excluding carboxylic acids is 1. The van der Waals surface area contributed by atoms with Crippen LogP contribution in [0.1, 0.15) is 19.8 Å². The number of hydrogen-bond acceptors (Lipinski definition) is 2. The largest absolute Gasteiger partial charge is 0.338 e. The predicted molar refractivity (Wildman–Crippen MR) is 52.7 cm³/mol. The van der Waals surface area contributed by atoms with Crippen molar-refractivity contribution in [3.8, 4) is 0 Å². The van der Waals surface area contributed by atoms with Crippen LogP contribution in [-0.4, -0.2) is 32.2 Å². The van der Waals surface area contributed by atoms with Gasteiger partial charge in [0.15, 0.2) is 0 Å². The normalized spacial score (nSPS) is 21.5. The molecule has 1 atom stereocenters. The molecule has 1 aliphatic rings. The van der Waals surface area contributed by atoms with E-state index < -0.39 is 0 Å². The summed E-state index contributed by atoms with van der Waals surface area (Å²) in [5.74, 6) is 0.752. The van der Waals surface area contributed by atoms with Crippen LogP contribution in [0.15, 0.2) is 0 Å². The van der Waals surface area contributed by atoms with Gasteiger partial charge in [-0.25, -0.2) is 4.79 Å². The van der Waals surface area contributed by atoms with Crippen molar-refractivity contribution in [1.29, 1.82) is 0 Å². The van der Waals surface area contributed by atoms with Crippen LogP contribution < -0.4 is 16.0 Å². The van der Waals surface area contributed by atoms with E-state index in [0.717, 1.165) is 32.0 Å². The summed E-state index contributed by atoms with van der Waals surface area (Å²) < 4.78 is 0. The lowest BCUT2D eigenvalue weighted by atomic mass is 10.1. The fourth-order valence-corrected chi connectivity index (χ4v) is 1.57. The van der Waals surface area contributed by atoms with Crippen LogP contribution in [-0.2, 0) is 0 Å². The maximum absolute atomic E-state index is 11.0. The van der Waals surface area contributed by atoms with Crippen molar-refractivity contribution < 1.29 is 4.79 Å². The Morgan fingerprint density at radius 2 is 2.38 bits per heavy atom. The molecule has 76 valence electrons. The fourth-order valence-electron chi connectivity index (χ4n) is 1.57. The van der Waals surface area contributed by atoms with Crippen LogP contribution in [0.2, 0.25) is 0 Å². The van der Waals surface area contributed by atoms with Gasteiger partial charge in [0.2, 0.25) is 0 Å². The molecule has 0 radical (unpaired) electrons. The Balaban J connectivity index is 1.96. The van der Waals surface area contributed by atoms with Crippen molar-refractivity contribution in [2.24, 2.45) is 5.92 Å². The van der Waals surface area contributed by atoms with Crippen LogP contribution in [0.5, 0.6) is 0 Å². The Bertz CT molecular complexity index is 155. The summed E-state index contributed by atoms with van der Waals surface area (Å²) >= 11 is 0. The first-order valence-electron chi connectivity index (χ1n) is 5.05. The van der Waals surface area contributed by atoms with Gasteiger partial charge in [0.1, 0.15) is 0 Å². The summed E-state index contributed by atoms with van der Waals surface area (Å²) in [7, 11) is 0. The number of nitrogens with one attached hydrogen (secondary N) is 3. The van der Waals surface area contributed by atoms with Crippen molar-refractivity contribution in [3.05, 3.63) is 0 Å². The minimum Gasteiger partial charge on any atom is -0.338 e. The summed E-state index contributed by atoms with van der Waals surface area (Å²) in [5.41, 5.74) is 0. The first-order valence-corrected chi connectivity index (χ1v) is 5.05. The standard InChI is InChI=1S/C9H19N3O/c1-2-11-9(13)12-6-4-8-3-5-10-7-8/h8,10H,2-7H2,1H3,(H2,11,12,13). The highest BCUT2D eigenvalue weighted by atomic mass is 16.2. The molecule has 0 spiro atoms. The summed E-state index contributed by atoms with van der Waals surface area (Å²) in [6.45, 7) is 5.64. The number of carbonyl (C=O) groups is 1. The zero-order valence-corrected chi connectivity index (χ0v) is 8.23. The molecule has 3 N–H and O–H groups in total. The van der Waals surface area contributed by atoms with E-state index in [2.05, 4.69) is 16.0 Å². The molecule has 1 rings (SSSR count). The molecule has 2 amide bonds. The van der Waals surface area contributed by atoms with Crippen LogP contribution >= 0.6 is 0 Å². The van der Waals surface area contributed by atoms with Crippen molar-refractivity contribution in [2.45, 2.75) is 19.8 Å². The molecule has 1 unspecified atom stereocenters. The molecule has 0 aromatic heterocycles. The fraction of sp³-hybridized carbons (Fsp3) is 0.889. The molecule has 1 fully saturated rings. The van der Waals surface area contributed by atoms with Gasteiger partial charge in [-0.2, -0.15) is 0 Å². The predicted octanol–water partition coefficient (Wildman–Crippen LogP) is 0.305. The SMILES string of the molecule is CCNC(=O)NCCC1CCNC1. The maximum atomic E-state index is 11.0. The van der Waals surface area contributed by atoms with Crippen molar-refractivity contribution in [1.82, 2.24) is 16.0 Å².